The number of ether oxygens (including phenoxy) is 1. The molecule has 0 bridgehead atoms. The molecule has 0 saturated heterocycles. The Morgan fingerprint density at radius 3 is 2.00 bits per heavy atom. The van der Waals surface area contributed by atoms with E-state index in [1.165, 1.54) is 7.11 Å². The zero-order valence-corrected chi connectivity index (χ0v) is 10.9. The van der Waals surface area contributed by atoms with Crippen LogP contribution in [0.3, 0.4) is 0 Å². The third-order valence-corrected chi connectivity index (χ3v) is 2.61. The molecule has 0 saturated carbocycles. The molecule has 0 unspecified atom stereocenters. The highest BCUT2D eigenvalue weighted by Crippen LogP contribution is 2.41. The van der Waals surface area contributed by atoms with E-state index in [1.807, 2.05) is 0 Å². The lowest BCUT2D eigenvalue weighted by molar-refractivity contribution is -0.146. The second-order valence-electron chi connectivity index (χ2n) is 4.25. The van der Waals surface area contributed by atoms with Gasteiger partial charge in [-0.25, -0.2) is 0 Å². The van der Waals surface area contributed by atoms with E-state index >= 15 is 0 Å². The minimum atomic E-state index is -4.48. The van der Waals surface area contributed by atoms with Crippen LogP contribution in [0.2, 0.25) is 0 Å². The van der Waals surface area contributed by atoms with Crippen LogP contribution >= 0.6 is 15.9 Å². The van der Waals surface area contributed by atoms with Gasteiger partial charge in [-0.3, -0.25) is 4.68 Å². The standard InChI is InChI=1S/C9H12BrF3N2O/c1-8(2,3)15-6(9(11,12)13)5(10)7(14-15)16-4/h1-4H3. The predicted octanol–water partition coefficient (Wildman–Crippen LogP) is 3.43. The normalized spacial score (nSPS) is 13.0. The van der Waals surface area contributed by atoms with Gasteiger partial charge in [-0.2, -0.15) is 13.2 Å². The summed E-state index contributed by atoms with van der Waals surface area (Å²) in [5.74, 6) is -0.0674. The fraction of sp³-hybridized carbons (Fsp3) is 0.667. The SMILES string of the molecule is COc1nn(C(C)(C)C)c(C(F)(F)F)c1Br. The Morgan fingerprint density at radius 1 is 1.25 bits per heavy atom. The predicted molar refractivity (Wildman–Crippen MR) is 56.5 cm³/mol. The second-order valence-corrected chi connectivity index (χ2v) is 5.05. The molecule has 0 radical (unpaired) electrons. The average Bonchev–Trinajstić information content (AvgIpc) is 2.40. The minimum Gasteiger partial charge on any atom is -0.479 e. The van der Waals surface area contributed by atoms with Gasteiger partial charge in [0.15, 0.2) is 5.69 Å². The molecular formula is C9H12BrF3N2O. The van der Waals surface area contributed by atoms with Gasteiger partial charge >= 0.3 is 6.18 Å². The molecule has 16 heavy (non-hydrogen) atoms. The number of nitrogens with zero attached hydrogens (tertiary/aromatic N) is 2. The molecule has 1 aromatic heterocycles. The van der Waals surface area contributed by atoms with Gasteiger partial charge in [0.2, 0.25) is 5.88 Å². The molecule has 0 atom stereocenters. The summed E-state index contributed by atoms with van der Waals surface area (Å²) in [5, 5.41) is 3.79. The summed E-state index contributed by atoms with van der Waals surface area (Å²) in [6, 6.07) is 0. The minimum absolute atomic E-state index is 0.0674. The number of aromatic nitrogens is 2. The summed E-state index contributed by atoms with van der Waals surface area (Å²) >= 11 is 2.86. The second kappa shape index (κ2) is 3.94. The van der Waals surface area contributed by atoms with Gasteiger partial charge in [-0.05, 0) is 36.7 Å². The first-order valence-electron chi connectivity index (χ1n) is 4.49. The van der Waals surface area contributed by atoms with Crippen molar-refractivity contribution in [3.63, 3.8) is 0 Å². The van der Waals surface area contributed by atoms with Crippen molar-refractivity contribution in [3.05, 3.63) is 10.2 Å². The van der Waals surface area contributed by atoms with E-state index in [9.17, 15) is 13.2 Å². The number of methoxy groups -OCH3 is 1. The van der Waals surface area contributed by atoms with Crippen LogP contribution < -0.4 is 4.74 Å². The van der Waals surface area contributed by atoms with Crippen LogP contribution in [0.5, 0.6) is 5.88 Å². The maximum absolute atomic E-state index is 12.8. The van der Waals surface area contributed by atoms with Crippen molar-refractivity contribution in [1.29, 1.82) is 0 Å². The third kappa shape index (κ3) is 2.34. The molecule has 0 aliphatic rings. The zero-order chi connectivity index (χ0) is 12.7. The van der Waals surface area contributed by atoms with Gasteiger partial charge in [0.05, 0.1) is 12.6 Å². The first-order chi connectivity index (χ1) is 7.09. The molecule has 0 fully saturated rings. The molecular weight excluding hydrogens is 289 g/mol. The molecule has 3 nitrogen and oxygen atoms in total. The Labute approximate surface area is 99.7 Å². The Bertz CT molecular complexity index is 393. The van der Waals surface area contributed by atoms with Crippen molar-refractivity contribution >= 4 is 15.9 Å². The lowest BCUT2D eigenvalue weighted by Crippen LogP contribution is -2.28. The van der Waals surface area contributed by atoms with E-state index < -0.39 is 17.4 Å². The molecule has 0 aliphatic heterocycles. The highest BCUT2D eigenvalue weighted by Gasteiger charge is 2.42. The first-order valence-corrected chi connectivity index (χ1v) is 5.28. The van der Waals surface area contributed by atoms with Gasteiger partial charge in [-0.15, -0.1) is 5.10 Å². The fourth-order valence-corrected chi connectivity index (χ4v) is 1.87. The fourth-order valence-electron chi connectivity index (χ4n) is 1.24. The molecule has 0 aromatic carbocycles. The lowest BCUT2D eigenvalue weighted by atomic mass is 10.1. The lowest BCUT2D eigenvalue weighted by Gasteiger charge is -2.23. The molecule has 7 heteroatoms. The van der Waals surface area contributed by atoms with Crippen LogP contribution in [0.4, 0.5) is 13.2 Å². The van der Waals surface area contributed by atoms with Crippen molar-refractivity contribution < 1.29 is 17.9 Å². The van der Waals surface area contributed by atoms with Crippen molar-refractivity contribution in [3.8, 4) is 5.88 Å². The number of halogens is 4. The summed E-state index contributed by atoms with van der Waals surface area (Å²) in [5.41, 5.74) is -1.61. The maximum atomic E-state index is 12.8. The molecule has 0 amide bonds. The summed E-state index contributed by atoms with van der Waals surface area (Å²) in [6.07, 6.45) is -4.48. The summed E-state index contributed by atoms with van der Waals surface area (Å²) in [4.78, 5) is 0. The topological polar surface area (TPSA) is 27.1 Å². The largest absolute Gasteiger partial charge is 0.479 e. The molecule has 1 rings (SSSR count). The van der Waals surface area contributed by atoms with Gasteiger partial charge in [0.25, 0.3) is 0 Å². The van der Waals surface area contributed by atoms with E-state index in [4.69, 9.17) is 4.74 Å². The van der Waals surface area contributed by atoms with Gasteiger partial charge < -0.3 is 4.74 Å². The maximum Gasteiger partial charge on any atom is 0.434 e. The molecule has 0 N–H and O–H groups in total. The monoisotopic (exact) mass is 300 g/mol. The van der Waals surface area contributed by atoms with Crippen LogP contribution in [0.1, 0.15) is 26.5 Å². The summed E-state index contributed by atoms with van der Waals surface area (Å²) < 4.78 is 44.0. The van der Waals surface area contributed by atoms with Crippen LogP contribution in [0.25, 0.3) is 0 Å². The Hall–Kier alpha value is -0.720. The Balaban J connectivity index is 3.50. The number of hydrogen-bond acceptors (Lipinski definition) is 2. The highest BCUT2D eigenvalue weighted by atomic mass is 79.9. The van der Waals surface area contributed by atoms with E-state index in [2.05, 4.69) is 21.0 Å². The smallest absolute Gasteiger partial charge is 0.434 e. The quantitative estimate of drug-likeness (QED) is 0.794. The zero-order valence-electron chi connectivity index (χ0n) is 9.31. The van der Waals surface area contributed by atoms with E-state index in [0.717, 1.165) is 4.68 Å². The number of rotatable bonds is 1. The van der Waals surface area contributed by atoms with Crippen molar-refractivity contribution in [2.24, 2.45) is 0 Å². The van der Waals surface area contributed by atoms with E-state index in [-0.39, 0.29) is 10.4 Å². The third-order valence-electron chi connectivity index (χ3n) is 1.90. The average molecular weight is 301 g/mol. The van der Waals surface area contributed by atoms with Crippen LogP contribution in [-0.4, -0.2) is 16.9 Å². The van der Waals surface area contributed by atoms with Gasteiger partial charge in [0.1, 0.15) is 4.47 Å². The van der Waals surface area contributed by atoms with Crippen LogP contribution in [0.15, 0.2) is 4.47 Å². The number of hydrogen-bond donors (Lipinski definition) is 0. The van der Waals surface area contributed by atoms with Gasteiger partial charge in [-0.1, -0.05) is 0 Å². The van der Waals surface area contributed by atoms with Gasteiger partial charge in [0, 0.05) is 0 Å². The summed E-state index contributed by atoms with van der Waals surface area (Å²) in [6.45, 7) is 4.92. The first kappa shape index (κ1) is 13.3. The van der Waals surface area contributed by atoms with Crippen molar-refractivity contribution in [2.45, 2.75) is 32.5 Å². The highest BCUT2D eigenvalue weighted by molar-refractivity contribution is 9.10. The van der Waals surface area contributed by atoms with E-state index in [0.29, 0.717) is 0 Å². The van der Waals surface area contributed by atoms with Crippen LogP contribution in [0, 0.1) is 0 Å². The van der Waals surface area contributed by atoms with Crippen molar-refractivity contribution in [1.82, 2.24) is 9.78 Å². The summed E-state index contributed by atoms with van der Waals surface area (Å²) in [7, 11) is 1.28. The molecule has 1 aromatic rings. The Kier molecular flexibility index (Phi) is 3.29. The molecule has 1 heterocycles. The van der Waals surface area contributed by atoms with Crippen molar-refractivity contribution in [2.75, 3.05) is 7.11 Å². The molecule has 0 aliphatic carbocycles. The molecule has 0 spiro atoms. The number of alkyl halides is 3. The van der Waals surface area contributed by atoms with Crippen LogP contribution in [-0.2, 0) is 11.7 Å². The van der Waals surface area contributed by atoms with E-state index in [1.54, 1.807) is 20.8 Å². The Morgan fingerprint density at radius 2 is 1.75 bits per heavy atom. The molecule has 92 valence electrons.